The van der Waals surface area contributed by atoms with E-state index in [1.807, 2.05) is 13.8 Å². The lowest BCUT2D eigenvalue weighted by Gasteiger charge is -2.22. The molecular formula is C11H22O4. The van der Waals surface area contributed by atoms with Crippen LogP contribution >= 0.6 is 0 Å². The predicted octanol–water partition coefficient (Wildman–Crippen LogP) is 1.19. The fourth-order valence-electron chi connectivity index (χ4n) is 1.02. The molecular weight excluding hydrogens is 196 g/mol. The molecule has 0 saturated heterocycles. The summed E-state index contributed by atoms with van der Waals surface area (Å²) in [5, 5.41) is 9.71. The van der Waals surface area contributed by atoms with Crippen LogP contribution in [0.25, 0.3) is 0 Å². The van der Waals surface area contributed by atoms with Crippen LogP contribution in [0.15, 0.2) is 12.7 Å². The maximum atomic E-state index is 9.71. The van der Waals surface area contributed by atoms with Crippen molar-refractivity contribution < 1.29 is 19.3 Å². The van der Waals surface area contributed by atoms with E-state index in [0.29, 0.717) is 13.2 Å². The van der Waals surface area contributed by atoms with E-state index in [1.165, 1.54) is 0 Å². The van der Waals surface area contributed by atoms with Gasteiger partial charge in [-0.15, -0.1) is 6.58 Å². The van der Waals surface area contributed by atoms with E-state index in [4.69, 9.17) is 14.2 Å². The molecule has 0 spiro atoms. The SMILES string of the molecule is C=C[C@@H](C)[C@@H](O)[C@@H](C)OCOCCOC. The van der Waals surface area contributed by atoms with Gasteiger partial charge in [0.05, 0.1) is 25.4 Å². The van der Waals surface area contributed by atoms with Crippen molar-refractivity contribution >= 4 is 0 Å². The topological polar surface area (TPSA) is 47.9 Å². The fraction of sp³-hybridized carbons (Fsp3) is 0.818. The van der Waals surface area contributed by atoms with E-state index in [1.54, 1.807) is 13.2 Å². The highest BCUT2D eigenvalue weighted by molar-refractivity contribution is 4.83. The van der Waals surface area contributed by atoms with Crippen LogP contribution in [0.2, 0.25) is 0 Å². The summed E-state index contributed by atoms with van der Waals surface area (Å²) < 4.78 is 15.2. The van der Waals surface area contributed by atoms with Crippen molar-refractivity contribution in [2.24, 2.45) is 5.92 Å². The Morgan fingerprint density at radius 1 is 1.33 bits per heavy atom. The zero-order valence-electron chi connectivity index (χ0n) is 9.81. The van der Waals surface area contributed by atoms with Gasteiger partial charge in [-0.25, -0.2) is 0 Å². The van der Waals surface area contributed by atoms with Crippen LogP contribution < -0.4 is 0 Å². The largest absolute Gasteiger partial charge is 0.390 e. The summed E-state index contributed by atoms with van der Waals surface area (Å²) in [4.78, 5) is 0. The molecule has 1 N–H and O–H groups in total. The van der Waals surface area contributed by atoms with Gasteiger partial charge < -0.3 is 19.3 Å². The third kappa shape index (κ3) is 6.62. The summed E-state index contributed by atoms with van der Waals surface area (Å²) >= 11 is 0. The number of aliphatic hydroxyl groups excluding tert-OH is 1. The van der Waals surface area contributed by atoms with Gasteiger partial charge in [0, 0.05) is 13.0 Å². The molecule has 90 valence electrons. The molecule has 0 aromatic heterocycles. The van der Waals surface area contributed by atoms with Crippen molar-refractivity contribution in [3.63, 3.8) is 0 Å². The molecule has 4 nitrogen and oxygen atoms in total. The molecule has 4 heteroatoms. The van der Waals surface area contributed by atoms with Gasteiger partial charge >= 0.3 is 0 Å². The first-order chi connectivity index (χ1) is 7.13. The first kappa shape index (κ1) is 14.6. The summed E-state index contributed by atoms with van der Waals surface area (Å²) in [6.45, 7) is 8.54. The third-order valence-electron chi connectivity index (χ3n) is 2.24. The van der Waals surface area contributed by atoms with Gasteiger partial charge in [0.2, 0.25) is 0 Å². The lowest BCUT2D eigenvalue weighted by Crippen LogP contribution is -2.31. The Labute approximate surface area is 91.8 Å². The van der Waals surface area contributed by atoms with Crippen molar-refractivity contribution in [2.75, 3.05) is 27.1 Å². The minimum atomic E-state index is -0.548. The molecule has 0 aliphatic carbocycles. The highest BCUT2D eigenvalue weighted by Crippen LogP contribution is 2.10. The standard InChI is InChI=1S/C11H22O4/c1-5-9(2)11(12)10(3)15-8-14-7-6-13-4/h5,9-12H,1,6-8H2,2-4H3/t9-,10-,11-/m1/s1. The van der Waals surface area contributed by atoms with E-state index in [-0.39, 0.29) is 18.8 Å². The van der Waals surface area contributed by atoms with Gasteiger partial charge in [0.1, 0.15) is 6.79 Å². The first-order valence-corrected chi connectivity index (χ1v) is 5.12. The van der Waals surface area contributed by atoms with E-state index < -0.39 is 6.10 Å². The monoisotopic (exact) mass is 218 g/mol. The van der Waals surface area contributed by atoms with Crippen molar-refractivity contribution in [1.29, 1.82) is 0 Å². The average molecular weight is 218 g/mol. The number of hydrogen-bond acceptors (Lipinski definition) is 4. The molecule has 0 rings (SSSR count). The normalized spacial score (nSPS) is 17.1. The molecule has 3 atom stereocenters. The molecule has 0 aliphatic rings. The van der Waals surface area contributed by atoms with Gasteiger partial charge in [0.15, 0.2) is 0 Å². The molecule has 0 heterocycles. The Morgan fingerprint density at radius 3 is 2.53 bits per heavy atom. The molecule has 0 fully saturated rings. The molecule has 0 radical (unpaired) electrons. The summed E-state index contributed by atoms with van der Waals surface area (Å²) in [5.41, 5.74) is 0. The second kappa shape index (κ2) is 8.85. The van der Waals surface area contributed by atoms with E-state index in [2.05, 4.69) is 6.58 Å². The molecule has 0 saturated carbocycles. The van der Waals surface area contributed by atoms with Gasteiger partial charge in [-0.3, -0.25) is 0 Å². The molecule has 15 heavy (non-hydrogen) atoms. The predicted molar refractivity (Wildman–Crippen MR) is 58.6 cm³/mol. The third-order valence-corrected chi connectivity index (χ3v) is 2.24. The molecule has 0 amide bonds. The van der Waals surface area contributed by atoms with Gasteiger partial charge in [-0.1, -0.05) is 13.0 Å². The van der Waals surface area contributed by atoms with E-state index >= 15 is 0 Å². The van der Waals surface area contributed by atoms with Crippen LogP contribution in [-0.2, 0) is 14.2 Å². The second-order valence-corrected chi connectivity index (χ2v) is 3.48. The lowest BCUT2D eigenvalue weighted by molar-refractivity contribution is -0.128. The molecule has 0 bridgehead atoms. The molecule has 0 aliphatic heterocycles. The van der Waals surface area contributed by atoms with Crippen LogP contribution in [0.1, 0.15) is 13.8 Å². The number of methoxy groups -OCH3 is 1. The van der Waals surface area contributed by atoms with Crippen LogP contribution in [0, 0.1) is 5.92 Å². The van der Waals surface area contributed by atoms with Crippen molar-refractivity contribution in [3.05, 3.63) is 12.7 Å². The first-order valence-electron chi connectivity index (χ1n) is 5.12. The quantitative estimate of drug-likeness (QED) is 0.359. The van der Waals surface area contributed by atoms with Crippen LogP contribution in [-0.4, -0.2) is 44.4 Å². The zero-order valence-corrected chi connectivity index (χ0v) is 9.81. The van der Waals surface area contributed by atoms with Crippen molar-refractivity contribution in [1.82, 2.24) is 0 Å². The Kier molecular flexibility index (Phi) is 8.61. The molecule has 0 unspecified atom stereocenters. The summed E-state index contributed by atoms with van der Waals surface area (Å²) in [6.07, 6.45) is 0.894. The van der Waals surface area contributed by atoms with E-state index in [0.717, 1.165) is 0 Å². The van der Waals surface area contributed by atoms with Crippen LogP contribution in [0.5, 0.6) is 0 Å². The molecule has 0 aromatic rings. The minimum absolute atomic E-state index is 0.0129. The molecule has 0 aromatic carbocycles. The minimum Gasteiger partial charge on any atom is -0.390 e. The average Bonchev–Trinajstić information content (AvgIpc) is 2.26. The van der Waals surface area contributed by atoms with Crippen LogP contribution in [0.4, 0.5) is 0 Å². The zero-order chi connectivity index (χ0) is 11.7. The van der Waals surface area contributed by atoms with Gasteiger partial charge in [-0.05, 0) is 6.92 Å². The highest BCUT2D eigenvalue weighted by Gasteiger charge is 2.19. The van der Waals surface area contributed by atoms with Crippen molar-refractivity contribution in [2.45, 2.75) is 26.1 Å². The van der Waals surface area contributed by atoms with Gasteiger partial charge in [-0.2, -0.15) is 0 Å². The van der Waals surface area contributed by atoms with E-state index in [9.17, 15) is 5.11 Å². The fourth-order valence-corrected chi connectivity index (χ4v) is 1.02. The number of rotatable bonds is 9. The Morgan fingerprint density at radius 2 is 2.00 bits per heavy atom. The Hall–Kier alpha value is -0.420. The summed E-state index contributed by atoms with van der Waals surface area (Å²) in [6, 6.07) is 0. The summed E-state index contributed by atoms with van der Waals surface area (Å²) in [5.74, 6) is 0.0129. The lowest BCUT2D eigenvalue weighted by atomic mass is 10.0. The maximum absolute atomic E-state index is 9.71. The number of ether oxygens (including phenoxy) is 3. The van der Waals surface area contributed by atoms with Crippen molar-refractivity contribution in [3.8, 4) is 0 Å². The van der Waals surface area contributed by atoms with Crippen LogP contribution in [0.3, 0.4) is 0 Å². The smallest absolute Gasteiger partial charge is 0.147 e. The Balaban J connectivity index is 3.55. The summed E-state index contributed by atoms with van der Waals surface area (Å²) in [7, 11) is 1.61. The highest BCUT2D eigenvalue weighted by atomic mass is 16.7. The number of hydrogen-bond donors (Lipinski definition) is 1. The number of aliphatic hydroxyl groups is 1. The maximum Gasteiger partial charge on any atom is 0.147 e. The second-order valence-electron chi connectivity index (χ2n) is 3.48. The van der Waals surface area contributed by atoms with Gasteiger partial charge in [0.25, 0.3) is 0 Å². The Bertz CT molecular complexity index is 161.